The van der Waals surface area contributed by atoms with Crippen LogP contribution in [0.2, 0.25) is 0 Å². The number of ketones is 1. The lowest BCUT2D eigenvalue weighted by atomic mass is 10.1. The van der Waals surface area contributed by atoms with Gasteiger partial charge in [0.1, 0.15) is 5.75 Å². The van der Waals surface area contributed by atoms with Crippen LogP contribution in [0.3, 0.4) is 0 Å². The van der Waals surface area contributed by atoms with Gasteiger partial charge in [-0.25, -0.2) is 9.69 Å². The number of allylic oxidation sites excluding steroid dienone is 1. The molecule has 1 amide bonds. The summed E-state index contributed by atoms with van der Waals surface area (Å²) < 4.78 is 16.2. The predicted molar refractivity (Wildman–Crippen MR) is 140 cm³/mol. The second-order valence-corrected chi connectivity index (χ2v) is 7.71. The van der Waals surface area contributed by atoms with Gasteiger partial charge in [0.2, 0.25) is 0 Å². The fourth-order valence-corrected chi connectivity index (χ4v) is 3.57. The third kappa shape index (κ3) is 5.80. The highest BCUT2D eigenvalue weighted by Crippen LogP contribution is 2.29. The molecule has 4 rings (SSSR count). The summed E-state index contributed by atoms with van der Waals surface area (Å²) in [6, 6.07) is 30.4. The molecule has 0 spiro atoms. The van der Waals surface area contributed by atoms with Crippen molar-refractivity contribution in [3.05, 3.63) is 120 Å². The Labute approximate surface area is 210 Å². The first-order valence-electron chi connectivity index (χ1n) is 11.3. The maximum absolute atomic E-state index is 13.1. The van der Waals surface area contributed by atoms with Gasteiger partial charge in [-0.3, -0.25) is 4.79 Å². The van der Waals surface area contributed by atoms with Gasteiger partial charge in [-0.1, -0.05) is 48.5 Å². The molecule has 0 aliphatic heterocycles. The van der Waals surface area contributed by atoms with Crippen molar-refractivity contribution in [2.24, 2.45) is 0 Å². The van der Waals surface area contributed by atoms with Gasteiger partial charge in [0.25, 0.3) is 0 Å². The molecule has 0 aliphatic rings. The zero-order valence-corrected chi connectivity index (χ0v) is 20.0. The molecule has 4 aromatic rings. The van der Waals surface area contributed by atoms with Crippen molar-refractivity contribution in [3.63, 3.8) is 0 Å². The maximum atomic E-state index is 13.1. The quantitative estimate of drug-likeness (QED) is 0.202. The summed E-state index contributed by atoms with van der Waals surface area (Å²) >= 11 is 0. The van der Waals surface area contributed by atoms with E-state index in [1.54, 1.807) is 56.7 Å². The number of amides is 1. The minimum Gasteiger partial charge on any atom is -0.493 e. The fraction of sp³-hybridized carbons (Fsp3) is 0.0667. The highest BCUT2D eigenvalue weighted by Gasteiger charge is 2.20. The number of para-hydroxylation sites is 2. The summed E-state index contributed by atoms with van der Waals surface area (Å²) in [5.41, 5.74) is 2.63. The smallest absolute Gasteiger partial charge is 0.424 e. The summed E-state index contributed by atoms with van der Waals surface area (Å²) in [6.07, 6.45) is 2.63. The second-order valence-electron chi connectivity index (χ2n) is 7.71. The number of ether oxygens (including phenoxy) is 3. The Kier molecular flexibility index (Phi) is 7.78. The lowest BCUT2D eigenvalue weighted by Crippen LogP contribution is -2.29. The van der Waals surface area contributed by atoms with Gasteiger partial charge >= 0.3 is 6.09 Å². The van der Waals surface area contributed by atoms with Crippen LogP contribution in [0.25, 0.3) is 6.08 Å². The van der Waals surface area contributed by atoms with Crippen molar-refractivity contribution in [1.29, 1.82) is 0 Å². The number of anilines is 2. The number of carbonyl (C=O) groups is 2. The molecule has 0 unspecified atom stereocenters. The number of rotatable bonds is 8. The first kappa shape index (κ1) is 24.3. The zero-order valence-electron chi connectivity index (χ0n) is 20.0. The van der Waals surface area contributed by atoms with Crippen LogP contribution in [0.5, 0.6) is 17.2 Å². The van der Waals surface area contributed by atoms with Gasteiger partial charge in [-0.15, -0.1) is 0 Å². The summed E-state index contributed by atoms with van der Waals surface area (Å²) in [5.74, 6) is 1.35. The predicted octanol–water partition coefficient (Wildman–Crippen LogP) is 6.94. The van der Waals surface area contributed by atoms with E-state index in [1.165, 1.54) is 11.0 Å². The van der Waals surface area contributed by atoms with Gasteiger partial charge in [0.05, 0.1) is 25.6 Å². The molecule has 0 heterocycles. The van der Waals surface area contributed by atoms with Crippen molar-refractivity contribution < 1.29 is 23.8 Å². The Morgan fingerprint density at radius 2 is 1.28 bits per heavy atom. The number of methoxy groups -OCH3 is 2. The normalized spacial score (nSPS) is 10.6. The van der Waals surface area contributed by atoms with Crippen LogP contribution in [-0.2, 0) is 0 Å². The Morgan fingerprint density at radius 3 is 1.83 bits per heavy atom. The monoisotopic (exact) mass is 479 g/mol. The van der Waals surface area contributed by atoms with Crippen LogP contribution in [-0.4, -0.2) is 26.1 Å². The van der Waals surface area contributed by atoms with E-state index < -0.39 is 6.09 Å². The molecule has 0 N–H and O–H groups in total. The van der Waals surface area contributed by atoms with E-state index in [4.69, 9.17) is 14.2 Å². The lowest BCUT2D eigenvalue weighted by molar-refractivity contribution is 0.104. The zero-order chi connectivity index (χ0) is 25.3. The average molecular weight is 480 g/mol. The lowest BCUT2D eigenvalue weighted by Gasteiger charge is -2.22. The van der Waals surface area contributed by atoms with Gasteiger partial charge < -0.3 is 14.2 Å². The van der Waals surface area contributed by atoms with Crippen LogP contribution < -0.4 is 19.1 Å². The van der Waals surface area contributed by atoms with Crippen LogP contribution in [0.1, 0.15) is 15.9 Å². The minimum absolute atomic E-state index is 0.183. The topological polar surface area (TPSA) is 65.1 Å². The Morgan fingerprint density at radius 1 is 0.694 bits per heavy atom. The van der Waals surface area contributed by atoms with Crippen LogP contribution in [0.15, 0.2) is 109 Å². The van der Waals surface area contributed by atoms with Crippen molar-refractivity contribution in [3.8, 4) is 17.2 Å². The molecular weight excluding hydrogens is 454 g/mol. The molecule has 180 valence electrons. The van der Waals surface area contributed by atoms with Gasteiger partial charge in [-0.2, -0.15) is 0 Å². The summed E-state index contributed by atoms with van der Waals surface area (Å²) in [6.45, 7) is 0. The number of nitrogens with zero attached hydrogens (tertiary/aromatic N) is 1. The molecule has 6 heteroatoms. The van der Waals surface area contributed by atoms with Crippen molar-refractivity contribution >= 4 is 29.3 Å². The summed E-state index contributed by atoms with van der Waals surface area (Å²) in [4.78, 5) is 27.2. The highest BCUT2D eigenvalue weighted by atomic mass is 16.6. The Bertz CT molecular complexity index is 1310. The standard InChI is InChI=1S/C30H25NO5/c1-34-28-20-14-22(21-29(28)35-2)13-19-27(32)23-15-17-26(18-16-23)36-30(33)31(24-9-5-3-6-10-24)25-11-7-4-8-12-25/h3-21H,1-2H3. The van der Waals surface area contributed by atoms with E-state index in [0.717, 1.165) is 5.56 Å². The van der Waals surface area contributed by atoms with E-state index in [1.807, 2.05) is 66.7 Å². The van der Waals surface area contributed by atoms with Crippen molar-refractivity contribution in [2.75, 3.05) is 19.1 Å². The number of hydrogen-bond donors (Lipinski definition) is 0. The molecule has 0 atom stereocenters. The van der Waals surface area contributed by atoms with E-state index in [0.29, 0.717) is 34.2 Å². The van der Waals surface area contributed by atoms with Crippen LogP contribution >= 0.6 is 0 Å². The van der Waals surface area contributed by atoms with Gasteiger partial charge in [0.15, 0.2) is 17.3 Å². The number of carbonyl (C=O) groups excluding carboxylic acids is 2. The van der Waals surface area contributed by atoms with E-state index >= 15 is 0 Å². The van der Waals surface area contributed by atoms with E-state index in [-0.39, 0.29) is 5.78 Å². The molecule has 0 saturated carbocycles. The highest BCUT2D eigenvalue weighted by molar-refractivity contribution is 6.07. The first-order chi connectivity index (χ1) is 17.6. The van der Waals surface area contributed by atoms with E-state index in [2.05, 4.69) is 0 Å². The molecule has 0 aromatic heterocycles. The third-order valence-electron chi connectivity index (χ3n) is 5.39. The molecule has 0 aliphatic carbocycles. The summed E-state index contributed by atoms with van der Waals surface area (Å²) in [7, 11) is 3.13. The number of benzene rings is 4. The molecule has 6 nitrogen and oxygen atoms in total. The summed E-state index contributed by atoms with van der Waals surface area (Å²) in [5, 5.41) is 0. The SMILES string of the molecule is COc1ccc(C=CC(=O)c2ccc(OC(=O)N(c3ccccc3)c3ccccc3)cc2)cc1OC. The first-order valence-corrected chi connectivity index (χ1v) is 11.3. The van der Waals surface area contributed by atoms with Gasteiger partial charge in [0, 0.05) is 5.56 Å². The molecule has 36 heavy (non-hydrogen) atoms. The van der Waals surface area contributed by atoms with Crippen LogP contribution in [0.4, 0.5) is 16.2 Å². The second kappa shape index (κ2) is 11.5. The maximum Gasteiger partial charge on any atom is 0.424 e. The fourth-order valence-electron chi connectivity index (χ4n) is 3.57. The Hall–Kier alpha value is -4.84. The molecule has 0 saturated heterocycles. The molecule has 4 aromatic carbocycles. The third-order valence-corrected chi connectivity index (χ3v) is 5.39. The van der Waals surface area contributed by atoms with Crippen molar-refractivity contribution in [2.45, 2.75) is 0 Å². The Balaban J connectivity index is 1.46. The molecule has 0 fully saturated rings. The molecule has 0 radical (unpaired) electrons. The molecule has 0 bridgehead atoms. The average Bonchev–Trinajstić information content (AvgIpc) is 2.93. The largest absolute Gasteiger partial charge is 0.493 e. The van der Waals surface area contributed by atoms with Crippen molar-refractivity contribution in [1.82, 2.24) is 0 Å². The van der Waals surface area contributed by atoms with Crippen LogP contribution in [0, 0.1) is 0 Å². The van der Waals surface area contributed by atoms with Gasteiger partial charge in [-0.05, 0) is 72.3 Å². The molecular formula is C30H25NO5. The number of hydrogen-bond acceptors (Lipinski definition) is 5. The van der Waals surface area contributed by atoms with E-state index in [9.17, 15) is 9.59 Å². The minimum atomic E-state index is -0.556.